The van der Waals surface area contributed by atoms with Gasteiger partial charge in [-0.25, -0.2) is 0 Å². The van der Waals surface area contributed by atoms with Crippen LogP contribution in [-0.4, -0.2) is 49.4 Å². The van der Waals surface area contributed by atoms with E-state index >= 15 is 0 Å². The van der Waals surface area contributed by atoms with Crippen molar-refractivity contribution in [1.82, 2.24) is 10.2 Å². The van der Waals surface area contributed by atoms with E-state index in [9.17, 15) is 9.59 Å². The zero-order valence-corrected chi connectivity index (χ0v) is 17.9. The zero-order chi connectivity index (χ0) is 19.1. The van der Waals surface area contributed by atoms with Crippen LogP contribution in [0.25, 0.3) is 0 Å². The van der Waals surface area contributed by atoms with Crippen LogP contribution in [0.15, 0.2) is 24.3 Å². The highest BCUT2D eigenvalue weighted by atomic mass is 35.5. The lowest BCUT2D eigenvalue weighted by Crippen LogP contribution is -2.53. The lowest BCUT2D eigenvalue weighted by Gasteiger charge is -2.43. The van der Waals surface area contributed by atoms with Crippen molar-refractivity contribution in [2.75, 3.05) is 37.6 Å². The summed E-state index contributed by atoms with van der Waals surface area (Å²) < 4.78 is 0. The fourth-order valence-electron chi connectivity index (χ4n) is 6.10. The molecule has 2 amide bonds. The van der Waals surface area contributed by atoms with E-state index in [-0.39, 0.29) is 29.6 Å². The maximum Gasteiger partial charge on any atom is 0.230 e. The maximum atomic E-state index is 13.4. The molecular weight excluding hydrogens is 386 g/mol. The highest BCUT2D eigenvalue weighted by Crippen LogP contribution is 2.45. The molecule has 1 saturated carbocycles. The number of nitrogens with zero attached hydrogens (tertiary/aromatic N) is 2. The molecule has 3 aliphatic heterocycles. The summed E-state index contributed by atoms with van der Waals surface area (Å²) in [6.45, 7) is 4.11. The minimum absolute atomic E-state index is 0. The Morgan fingerprint density at radius 2 is 1.83 bits per heavy atom. The van der Waals surface area contributed by atoms with Crippen molar-refractivity contribution in [3.63, 3.8) is 0 Å². The molecule has 0 aromatic heterocycles. The van der Waals surface area contributed by atoms with E-state index in [1.165, 1.54) is 24.8 Å². The van der Waals surface area contributed by atoms with Gasteiger partial charge in [0.15, 0.2) is 0 Å². The molecule has 29 heavy (non-hydrogen) atoms. The monoisotopic (exact) mass is 417 g/mol. The SMILES string of the molecule is Cl.O=C(C1CCN(C(=O)[C@@]23CCCC[C@H]2CNC3)CC1)N1CCc2ccccc21. The Hall–Kier alpha value is -1.59. The Bertz CT molecular complexity index is 777. The lowest BCUT2D eigenvalue weighted by molar-refractivity contribution is -0.147. The number of benzene rings is 1. The quantitative estimate of drug-likeness (QED) is 0.804. The minimum Gasteiger partial charge on any atom is -0.342 e. The van der Waals surface area contributed by atoms with Crippen molar-refractivity contribution in [1.29, 1.82) is 0 Å². The van der Waals surface area contributed by atoms with Gasteiger partial charge >= 0.3 is 0 Å². The number of hydrogen-bond acceptors (Lipinski definition) is 3. The summed E-state index contributed by atoms with van der Waals surface area (Å²) >= 11 is 0. The van der Waals surface area contributed by atoms with Crippen LogP contribution < -0.4 is 10.2 Å². The fraction of sp³-hybridized carbons (Fsp3) is 0.652. The second kappa shape index (κ2) is 8.27. The molecule has 6 heteroatoms. The molecule has 1 N–H and O–H groups in total. The molecule has 1 aromatic carbocycles. The zero-order valence-electron chi connectivity index (χ0n) is 17.1. The molecule has 1 aromatic rings. The van der Waals surface area contributed by atoms with E-state index in [4.69, 9.17) is 0 Å². The molecule has 1 aliphatic carbocycles. The van der Waals surface area contributed by atoms with Crippen LogP contribution in [0.1, 0.15) is 44.1 Å². The highest BCUT2D eigenvalue weighted by molar-refractivity contribution is 5.97. The predicted octanol–water partition coefficient (Wildman–Crippen LogP) is 3.02. The van der Waals surface area contributed by atoms with Crippen molar-refractivity contribution in [2.24, 2.45) is 17.3 Å². The summed E-state index contributed by atoms with van der Waals surface area (Å²) in [7, 11) is 0. The van der Waals surface area contributed by atoms with Gasteiger partial charge < -0.3 is 15.1 Å². The Morgan fingerprint density at radius 3 is 2.66 bits per heavy atom. The third-order valence-corrected chi connectivity index (χ3v) is 7.75. The first-order chi connectivity index (χ1) is 13.7. The van der Waals surface area contributed by atoms with Crippen molar-refractivity contribution in [2.45, 2.75) is 44.9 Å². The number of hydrogen-bond donors (Lipinski definition) is 1. The van der Waals surface area contributed by atoms with Gasteiger partial charge in [0.25, 0.3) is 0 Å². The standard InChI is InChI=1S/C23H31N3O2.ClH/c27-21(26-14-10-17-5-1-2-7-20(17)26)18-8-12-25(13-9-18)22(28)23-11-4-3-6-19(23)15-24-16-23;/h1-2,5,7,18-19,24H,3-4,6,8-16H2;1H/t19-,23+;/m0./s1. The first kappa shape index (κ1) is 20.7. The minimum atomic E-state index is -0.164. The highest BCUT2D eigenvalue weighted by Gasteiger charge is 2.51. The second-order valence-electron chi connectivity index (χ2n) is 9.16. The Balaban J connectivity index is 0.00000205. The van der Waals surface area contributed by atoms with Gasteiger partial charge in [0.2, 0.25) is 11.8 Å². The van der Waals surface area contributed by atoms with Gasteiger partial charge in [-0.2, -0.15) is 0 Å². The number of likely N-dealkylation sites (tertiary alicyclic amines) is 1. The van der Waals surface area contributed by atoms with Crippen molar-refractivity contribution < 1.29 is 9.59 Å². The molecule has 3 fully saturated rings. The van der Waals surface area contributed by atoms with E-state index in [0.717, 1.165) is 64.1 Å². The molecule has 2 saturated heterocycles. The maximum absolute atomic E-state index is 13.4. The van der Waals surface area contributed by atoms with Gasteiger partial charge in [0.1, 0.15) is 0 Å². The number of para-hydroxylation sites is 1. The summed E-state index contributed by atoms with van der Waals surface area (Å²) in [6, 6.07) is 8.25. The van der Waals surface area contributed by atoms with Crippen LogP contribution in [0.4, 0.5) is 5.69 Å². The third kappa shape index (κ3) is 3.46. The molecule has 4 aliphatic rings. The molecule has 158 valence electrons. The smallest absolute Gasteiger partial charge is 0.230 e. The summed E-state index contributed by atoms with van der Waals surface area (Å²) in [5, 5.41) is 3.49. The summed E-state index contributed by atoms with van der Waals surface area (Å²) in [5.41, 5.74) is 2.20. The molecule has 0 bridgehead atoms. The molecular formula is C23H32ClN3O2. The fourth-order valence-corrected chi connectivity index (χ4v) is 6.10. The number of anilines is 1. The van der Waals surface area contributed by atoms with Crippen LogP contribution >= 0.6 is 12.4 Å². The van der Waals surface area contributed by atoms with Crippen molar-refractivity contribution in [3.8, 4) is 0 Å². The van der Waals surface area contributed by atoms with Crippen LogP contribution in [0.5, 0.6) is 0 Å². The number of rotatable bonds is 2. The topological polar surface area (TPSA) is 52.7 Å². The Labute approximate surface area is 179 Å². The first-order valence-corrected chi connectivity index (χ1v) is 11.1. The van der Waals surface area contributed by atoms with Crippen LogP contribution in [0, 0.1) is 17.3 Å². The summed E-state index contributed by atoms with van der Waals surface area (Å²) in [6.07, 6.45) is 7.21. The van der Waals surface area contributed by atoms with Crippen molar-refractivity contribution in [3.05, 3.63) is 29.8 Å². The van der Waals surface area contributed by atoms with E-state index in [0.29, 0.717) is 11.8 Å². The van der Waals surface area contributed by atoms with Crippen molar-refractivity contribution >= 4 is 29.9 Å². The molecule has 5 nitrogen and oxygen atoms in total. The van der Waals surface area contributed by atoms with Gasteiger partial charge in [-0.3, -0.25) is 9.59 Å². The number of piperidine rings is 1. The number of halogens is 1. The molecule has 5 rings (SSSR count). The van der Waals surface area contributed by atoms with Gasteiger partial charge in [-0.05, 0) is 56.2 Å². The third-order valence-electron chi connectivity index (χ3n) is 7.75. The lowest BCUT2D eigenvalue weighted by atomic mass is 9.67. The predicted molar refractivity (Wildman–Crippen MR) is 116 cm³/mol. The Kier molecular flexibility index (Phi) is 5.90. The molecule has 2 atom stereocenters. The van der Waals surface area contributed by atoms with Gasteiger partial charge in [0, 0.05) is 37.8 Å². The van der Waals surface area contributed by atoms with Gasteiger partial charge in [-0.1, -0.05) is 31.0 Å². The largest absolute Gasteiger partial charge is 0.342 e. The van der Waals surface area contributed by atoms with E-state index < -0.39 is 0 Å². The summed E-state index contributed by atoms with van der Waals surface area (Å²) in [4.78, 5) is 30.6. The van der Waals surface area contributed by atoms with Crippen LogP contribution in [-0.2, 0) is 16.0 Å². The molecule has 0 spiro atoms. The second-order valence-corrected chi connectivity index (χ2v) is 9.16. The first-order valence-electron chi connectivity index (χ1n) is 11.1. The normalized spacial score (nSPS) is 29.2. The molecule has 3 heterocycles. The number of carbonyl (C=O) groups excluding carboxylic acids is 2. The van der Waals surface area contributed by atoms with E-state index in [1.54, 1.807) is 0 Å². The molecule has 0 radical (unpaired) electrons. The van der Waals surface area contributed by atoms with E-state index in [2.05, 4.69) is 22.3 Å². The number of nitrogens with one attached hydrogen (secondary N) is 1. The number of fused-ring (bicyclic) bond motifs is 2. The summed E-state index contributed by atoms with van der Waals surface area (Å²) in [5.74, 6) is 1.18. The number of amides is 2. The van der Waals surface area contributed by atoms with E-state index in [1.807, 2.05) is 17.0 Å². The van der Waals surface area contributed by atoms with Gasteiger partial charge in [0.05, 0.1) is 5.41 Å². The van der Waals surface area contributed by atoms with Gasteiger partial charge in [-0.15, -0.1) is 12.4 Å². The number of carbonyl (C=O) groups is 2. The average molecular weight is 418 g/mol. The molecule has 0 unspecified atom stereocenters. The Morgan fingerprint density at radius 1 is 1.03 bits per heavy atom. The van der Waals surface area contributed by atoms with Crippen LogP contribution in [0.3, 0.4) is 0 Å². The average Bonchev–Trinajstić information content (AvgIpc) is 3.38. The van der Waals surface area contributed by atoms with Crippen LogP contribution in [0.2, 0.25) is 0 Å².